The van der Waals surface area contributed by atoms with Crippen LogP contribution in [0.1, 0.15) is 70.6 Å². The quantitative estimate of drug-likeness (QED) is 0.355. The Hall–Kier alpha value is -0.640. The van der Waals surface area contributed by atoms with E-state index < -0.39 is 0 Å². The van der Waals surface area contributed by atoms with Crippen LogP contribution in [0.3, 0.4) is 0 Å². The van der Waals surface area contributed by atoms with Crippen LogP contribution in [0.2, 0.25) is 0 Å². The van der Waals surface area contributed by atoms with Crippen molar-refractivity contribution < 1.29 is 10.2 Å². The molecular formula is C20H37NO2. The average Bonchev–Trinajstić information content (AvgIpc) is 2.90. The molecule has 0 radical (unpaired) electrons. The fourth-order valence-electron chi connectivity index (χ4n) is 3.42. The van der Waals surface area contributed by atoms with E-state index in [4.69, 9.17) is 10.8 Å². The first-order valence-corrected chi connectivity index (χ1v) is 9.60. The van der Waals surface area contributed by atoms with Crippen molar-refractivity contribution in [1.82, 2.24) is 0 Å². The zero-order valence-corrected chi connectivity index (χ0v) is 14.7. The second kappa shape index (κ2) is 13.8. The molecule has 3 nitrogen and oxygen atoms in total. The molecule has 1 saturated carbocycles. The van der Waals surface area contributed by atoms with Crippen LogP contribution in [0, 0.1) is 11.8 Å². The van der Waals surface area contributed by atoms with Gasteiger partial charge in [-0.3, -0.25) is 0 Å². The topological polar surface area (TPSA) is 66.5 Å². The summed E-state index contributed by atoms with van der Waals surface area (Å²) in [6.07, 6.45) is 21.0. The summed E-state index contributed by atoms with van der Waals surface area (Å²) in [6.45, 7) is 1.10. The zero-order valence-electron chi connectivity index (χ0n) is 14.7. The third-order valence-corrected chi connectivity index (χ3v) is 4.90. The van der Waals surface area contributed by atoms with Crippen LogP contribution in [0.4, 0.5) is 0 Å². The van der Waals surface area contributed by atoms with Gasteiger partial charge in [0.2, 0.25) is 0 Å². The standard InChI is InChI=1S/C20H37NO2/c21-16-10-6-3-5-9-13-19-18(14-15-20(19)23)12-8-4-1-2-7-11-17-22/h5,8-9,12,18-20,22-23H,1-4,6-7,10-11,13-17,21H2/t18-,19-,20-/m1/s1. The first-order chi connectivity index (χ1) is 11.3. The average molecular weight is 324 g/mol. The van der Waals surface area contributed by atoms with Gasteiger partial charge in [-0.25, -0.2) is 0 Å². The molecule has 0 bridgehead atoms. The Morgan fingerprint density at radius 2 is 1.61 bits per heavy atom. The summed E-state index contributed by atoms with van der Waals surface area (Å²) in [7, 11) is 0. The molecule has 1 aliphatic carbocycles. The maximum Gasteiger partial charge on any atom is 0.0577 e. The summed E-state index contributed by atoms with van der Waals surface area (Å²) in [5.74, 6) is 0.933. The molecule has 0 saturated heterocycles. The Morgan fingerprint density at radius 1 is 0.870 bits per heavy atom. The second-order valence-electron chi connectivity index (χ2n) is 6.82. The van der Waals surface area contributed by atoms with Gasteiger partial charge in [0.25, 0.3) is 0 Å². The van der Waals surface area contributed by atoms with Crippen LogP contribution >= 0.6 is 0 Å². The SMILES string of the molecule is NCCCCC=CC[C@H]1[C@H](O)CC[C@H]1C=CCCCCCCO. The Labute approximate surface area is 142 Å². The number of unbranched alkanes of at least 4 members (excludes halogenated alkanes) is 6. The van der Waals surface area contributed by atoms with Crippen molar-refractivity contribution in [3.05, 3.63) is 24.3 Å². The summed E-state index contributed by atoms with van der Waals surface area (Å²) in [5.41, 5.74) is 5.50. The molecule has 3 heteroatoms. The van der Waals surface area contributed by atoms with Crippen molar-refractivity contribution in [2.75, 3.05) is 13.2 Å². The Morgan fingerprint density at radius 3 is 2.39 bits per heavy atom. The van der Waals surface area contributed by atoms with E-state index in [9.17, 15) is 5.11 Å². The van der Waals surface area contributed by atoms with E-state index in [-0.39, 0.29) is 6.10 Å². The van der Waals surface area contributed by atoms with Gasteiger partial charge in [0.05, 0.1) is 6.10 Å². The maximum atomic E-state index is 10.2. The monoisotopic (exact) mass is 323 g/mol. The van der Waals surface area contributed by atoms with Gasteiger partial charge in [0.15, 0.2) is 0 Å². The van der Waals surface area contributed by atoms with E-state index >= 15 is 0 Å². The minimum Gasteiger partial charge on any atom is -0.396 e. The summed E-state index contributed by atoms with van der Waals surface area (Å²) >= 11 is 0. The Balaban J connectivity index is 2.22. The summed E-state index contributed by atoms with van der Waals surface area (Å²) in [4.78, 5) is 0. The van der Waals surface area contributed by atoms with Crippen LogP contribution < -0.4 is 5.73 Å². The molecule has 0 spiro atoms. The Kier molecular flexibility index (Phi) is 12.2. The number of hydrogen-bond acceptors (Lipinski definition) is 3. The highest BCUT2D eigenvalue weighted by atomic mass is 16.3. The molecule has 0 heterocycles. The number of aliphatic hydroxyl groups is 2. The van der Waals surface area contributed by atoms with Crippen molar-refractivity contribution in [2.45, 2.75) is 76.7 Å². The zero-order chi connectivity index (χ0) is 16.8. The van der Waals surface area contributed by atoms with E-state index in [1.807, 2.05) is 0 Å². The largest absolute Gasteiger partial charge is 0.396 e. The second-order valence-corrected chi connectivity index (χ2v) is 6.82. The lowest BCUT2D eigenvalue weighted by atomic mass is 9.90. The minimum absolute atomic E-state index is 0.136. The summed E-state index contributed by atoms with van der Waals surface area (Å²) in [6, 6.07) is 0. The molecule has 1 fully saturated rings. The third-order valence-electron chi connectivity index (χ3n) is 4.90. The molecule has 0 aromatic rings. The molecule has 3 atom stereocenters. The van der Waals surface area contributed by atoms with E-state index in [1.54, 1.807) is 0 Å². The predicted molar refractivity (Wildman–Crippen MR) is 98.2 cm³/mol. The number of aliphatic hydroxyl groups excluding tert-OH is 2. The predicted octanol–water partition coefficient (Wildman–Crippen LogP) is 3.95. The first-order valence-electron chi connectivity index (χ1n) is 9.60. The van der Waals surface area contributed by atoms with Crippen molar-refractivity contribution in [2.24, 2.45) is 17.6 Å². The van der Waals surface area contributed by atoms with Gasteiger partial charge >= 0.3 is 0 Å². The molecule has 0 aromatic carbocycles. The van der Waals surface area contributed by atoms with E-state index in [2.05, 4.69) is 24.3 Å². The van der Waals surface area contributed by atoms with Crippen LogP contribution in [-0.2, 0) is 0 Å². The molecule has 1 aliphatic rings. The third kappa shape index (κ3) is 9.29. The van der Waals surface area contributed by atoms with Gasteiger partial charge in [-0.15, -0.1) is 0 Å². The van der Waals surface area contributed by atoms with Crippen molar-refractivity contribution in [1.29, 1.82) is 0 Å². The van der Waals surface area contributed by atoms with Crippen LogP contribution in [0.15, 0.2) is 24.3 Å². The highest BCUT2D eigenvalue weighted by Crippen LogP contribution is 2.36. The lowest BCUT2D eigenvalue weighted by molar-refractivity contribution is 0.125. The lowest BCUT2D eigenvalue weighted by Gasteiger charge is -2.17. The molecule has 1 rings (SSSR count). The molecule has 0 amide bonds. The van der Waals surface area contributed by atoms with Gasteiger partial charge in [0, 0.05) is 6.61 Å². The fraction of sp³-hybridized carbons (Fsp3) is 0.800. The van der Waals surface area contributed by atoms with Gasteiger partial charge < -0.3 is 15.9 Å². The van der Waals surface area contributed by atoms with E-state index in [0.29, 0.717) is 18.4 Å². The van der Waals surface area contributed by atoms with Gasteiger partial charge in [-0.1, -0.05) is 37.1 Å². The molecular weight excluding hydrogens is 286 g/mol. The smallest absolute Gasteiger partial charge is 0.0577 e. The number of hydrogen-bond donors (Lipinski definition) is 3. The number of rotatable bonds is 13. The van der Waals surface area contributed by atoms with Gasteiger partial charge in [-0.05, 0) is 76.2 Å². The number of nitrogens with two attached hydrogens (primary N) is 1. The highest BCUT2D eigenvalue weighted by molar-refractivity contribution is 5.00. The molecule has 0 unspecified atom stereocenters. The molecule has 0 aliphatic heterocycles. The van der Waals surface area contributed by atoms with Gasteiger partial charge in [-0.2, -0.15) is 0 Å². The number of allylic oxidation sites excluding steroid dienone is 4. The minimum atomic E-state index is -0.136. The van der Waals surface area contributed by atoms with Gasteiger partial charge in [0.1, 0.15) is 0 Å². The molecule has 4 N–H and O–H groups in total. The summed E-state index contributed by atoms with van der Waals surface area (Å²) in [5, 5.41) is 18.9. The molecule has 0 aromatic heterocycles. The highest BCUT2D eigenvalue weighted by Gasteiger charge is 2.32. The van der Waals surface area contributed by atoms with Crippen molar-refractivity contribution in [3.63, 3.8) is 0 Å². The maximum absolute atomic E-state index is 10.2. The molecule has 134 valence electrons. The summed E-state index contributed by atoms with van der Waals surface area (Å²) < 4.78 is 0. The van der Waals surface area contributed by atoms with Crippen LogP contribution in [0.25, 0.3) is 0 Å². The lowest BCUT2D eigenvalue weighted by Crippen LogP contribution is -2.17. The van der Waals surface area contributed by atoms with Crippen LogP contribution in [0.5, 0.6) is 0 Å². The first kappa shape index (κ1) is 20.4. The molecule has 23 heavy (non-hydrogen) atoms. The van der Waals surface area contributed by atoms with E-state index in [1.165, 1.54) is 19.3 Å². The van der Waals surface area contributed by atoms with E-state index in [0.717, 1.165) is 57.9 Å². The Bertz CT molecular complexity index is 328. The van der Waals surface area contributed by atoms with Crippen LogP contribution in [-0.4, -0.2) is 29.5 Å². The normalized spacial score (nSPS) is 25.1. The fourth-order valence-corrected chi connectivity index (χ4v) is 3.42. The van der Waals surface area contributed by atoms with Crippen molar-refractivity contribution in [3.8, 4) is 0 Å². The van der Waals surface area contributed by atoms with Crippen molar-refractivity contribution >= 4 is 0 Å².